The lowest BCUT2D eigenvalue weighted by Crippen LogP contribution is -2.30. The van der Waals surface area contributed by atoms with Crippen LogP contribution in [0.2, 0.25) is 0 Å². The lowest BCUT2D eigenvalue weighted by molar-refractivity contribution is 0.0949. The molecule has 2 amide bonds. The molecule has 1 unspecified atom stereocenters. The minimum atomic E-state index is -0.233. The van der Waals surface area contributed by atoms with Gasteiger partial charge in [-0.05, 0) is 61.4 Å². The monoisotopic (exact) mass is 466 g/mol. The highest BCUT2D eigenvalue weighted by atomic mass is 16.2. The number of benzene rings is 2. The van der Waals surface area contributed by atoms with Crippen molar-refractivity contribution in [3.05, 3.63) is 107 Å². The number of pyridine rings is 1. The Labute approximate surface area is 203 Å². The molecule has 2 aromatic carbocycles. The predicted molar refractivity (Wildman–Crippen MR) is 132 cm³/mol. The lowest BCUT2D eigenvalue weighted by atomic mass is 9.98. The van der Waals surface area contributed by atoms with Crippen LogP contribution >= 0.6 is 0 Å². The summed E-state index contributed by atoms with van der Waals surface area (Å²) in [5.41, 5.74) is 3.69. The number of aromatic nitrogens is 4. The van der Waals surface area contributed by atoms with Crippen LogP contribution in [0.15, 0.2) is 79.4 Å². The molecule has 1 N–H and O–H groups in total. The van der Waals surface area contributed by atoms with Gasteiger partial charge < -0.3 is 10.2 Å². The topological polar surface area (TPSA) is 93.0 Å². The van der Waals surface area contributed by atoms with Crippen LogP contribution in [0.3, 0.4) is 0 Å². The van der Waals surface area contributed by atoms with Gasteiger partial charge in [-0.3, -0.25) is 19.3 Å². The van der Waals surface area contributed by atoms with Crippen LogP contribution < -0.4 is 10.2 Å². The summed E-state index contributed by atoms with van der Waals surface area (Å²) < 4.78 is 1.81. The summed E-state index contributed by atoms with van der Waals surface area (Å²) in [5, 5.41) is 7.61. The highest BCUT2D eigenvalue weighted by molar-refractivity contribution is 6.08. The van der Waals surface area contributed by atoms with Gasteiger partial charge in [0.05, 0.1) is 5.92 Å². The number of nitrogens with one attached hydrogen (secondary N) is 1. The van der Waals surface area contributed by atoms with Crippen molar-refractivity contribution in [1.29, 1.82) is 0 Å². The van der Waals surface area contributed by atoms with Crippen molar-refractivity contribution in [3.8, 4) is 0 Å². The first-order valence-corrected chi connectivity index (χ1v) is 11.6. The van der Waals surface area contributed by atoms with E-state index in [1.807, 2.05) is 56.3 Å². The van der Waals surface area contributed by atoms with E-state index in [1.165, 1.54) is 0 Å². The lowest BCUT2D eigenvalue weighted by Gasteiger charge is -2.18. The molecule has 0 saturated carbocycles. The maximum absolute atomic E-state index is 13.4. The summed E-state index contributed by atoms with van der Waals surface area (Å²) in [5.74, 6) is 0.121. The summed E-state index contributed by atoms with van der Waals surface area (Å²) in [6.07, 6.45) is 5.14. The summed E-state index contributed by atoms with van der Waals surface area (Å²) in [7, 11) is 0. The van der Waals surface area contributed by atoms with Gasteiger partial charge in [0.25, 0.3) is 11.8 Å². The van der Waals surface area contributed by atoms with E-state index in [0.29, 0.717) is 30.0 Å². The minimum Gasteiger partial charge on any atom is -0.348 e. The van der Waals surface area contributed by atoms with Crippen molar-refractivity contribution in [1.82, 2.24) is 25.1 Å². The second kappa shape index (κ2) is 9.50. The van der Waals surface area contributed by atoms with Gasteiger partial charge in [-0.15, -0.1) is 0 Å². The van der Waals surface area contributed by atoms with E-state index in [1.54, 1.807) is 46.5 Å². The van der Waals surface area contributed by atoms with Gasteiger partial charge in [0.2, 0.25) is 0 Å². The van der Waals surface area contributed by atoms with Gasteiger partial charge in [-0.1, -0.05) is 24.3 Å². The number of nitrogens with zero attached hydrogens (tertiary/aromatic N) is 5. The van der Waals surface area contributed by atoms with E-state index in [2.05, 4.69) is 20.4 Å². The molecule has 0 saturated heterocycles. The van der Waals surface area contributed by atoms with Crippen LogP contribution in [0, 0.1) is 0 Å². The summed E-state index contributed by atoms with van der Waals surface area (Å²) in [6, 6.07) is 18.6. The Bertz CT molecular complexity index is 1350. The first-order valence-electron chi connectivity index (χ1n) is 11.6. The number of hydrogen-bond donors (Lipinski definition) is 1. The van der Waals surface area contributed by atoms with Crippen LogP contribution in [0.1, 0.15) is 63.5 Å². The van der Waals surface area contributed by atoms with Crippen LogP contribution in [0.4, 0.5) is 5.69 Å². The molecule has 35 heavy (non-hydrogen) atoms. The predicted octanol–water partition coefficient (Wildman–Crippen LogP) is 3.98. The van der Waals surface area contributed by atoms with E-state index in [4.69, 9.17) is 0 Å². The molecule has 4 aromatic rings. The largest absolute Gasteiger partial charge is 0.348 e. The van der Waals surface area contributed by atoms with Gasteiger partial charge in [0.15, 0.2) is 5.82 Å². The van der Waals surface area contributed by atoms with Crippen molar-refractivity contribution in [2.45, 2.75) is 32.4 Å². The molecule has 8 heteroatoms. The first kappa shape index (κ1) is 22.5. The first-order chi connectivity index (χ1) is 17.0. The standard InChI is InChI=1S/C27H26N6O2/c1-18(2)33-17-30-25(31-33)23-16-32(27(35)20-8-4-3-5-9-20)24-11-10-21(13-22(23)24)26(34)29-15-19-7-6-12-28-14-19/h3-14,17-18,23H,15-16H2,1-2H3,(H,29,34). The number of amides is 2. The second-order valence-electron chi connectivity index (χ2n) is 8.83. The third kappa shape index (κ3) is 4.55. The SMILES string of the molecule is CC(C)n1cnc(C2CN(C(=O)c3ccccc3)c3ccc(C(=O)NCc4cccnc4)cc32)n1. The van der Waals surface area contributed by atoms with Crippen molar-refractivity contribution in [2.75, 3.05) is 11.4 Å². The van der Waals surface area contributed by atoms with Crippen LogP contribution in [0.5, 0.6) is 0 Å². The van der Waals surface area contributed by atoms with Gasteiger partial charge in [-0.2, -0.15) is 5.10 Å². The normalized spacial score (nSPS) is 14.7. The maximum atomic E-state index is 13.4. The van der Waals surface area contributed by atoms with Crippen molar-refractivity contribution in [2.24, 2.45) is 0 Å². The number of rotatable bonds is 6. The maximum Gasteiger partial charge on any atom is 0.258 e. The summed E-state index contributed by atoms with van der Waals surface area (Å²) in [4.78, 5) is 36.7. The van der Waals surface area contributed by atoms with Crippen molar-refractivity contribution < 1.29 is 9.59 Å². The zero-order valence-electron chi connectivity index (χ0n) is 19.6. The zero-order valence-corrected chi connectivity index (χ0v) is 19.6. The Hall–Kier alpha value is -4.33. The van der Waals surface area contributed by atoms with E-state index in [9.17, 15) is 9.59 Å². The van der Waals surface area contributed by atoms with Crippen molar-refractivity contribution in [3.63, 3.8) is 0 Å². The minimum absolute atomic E-state index is 0.0913. The third-order valence-electron chi connectivity index (χ3n) is 6.13. The molecule has 5 rings (SSSR count). The van der Waals surface area contributed by atoms with Crippen LogP contribution in [-0.4, -0.2) is 38.1 Å². The number of hydrogen-bond acceptors (Lipinski definition) is 5. The number of fused-ring (bicyclic) bond motifs is 1. The molecule has 0 radical (unpaired) electrons. The average molecular weight is 467 g/mol. The Morgan fingerprint density at radius 3 is 2.60 bits per heavy atom. The van der Waals surface area contributed by atoms with Crippen molar-refractivity contribution >= 4 is 17.5 Å². The highest BCUT2D eigenvalue weighted by Gasteiger charge is 2.36. The van der Waals surface area contributed by atoms with Gasteiger partial charge in [-0.25, -0.2) is 4.98 Å². The number of carbonyl (C=O) groups is 2. The fraction of sp³-hybridized carbons (Fsp3) is 0.222. The Kier molecular flexibility index (Phi) is 6.10. The van der Waals surface area contributed by atoms with E-state index < -0.39 is 0 Å². The Morgan fingerprint density at radius 2 is 1.89 bits per heavy atom. The molecular formula is C27H26N6O2. The van der Waals surface area contributed by atoms with E-state index in [-0.39, 0.29) is 23.8 Å². The molecule has 2 aromatic heterocycles. The average Bonchev–Trinajstić information content (AvgIpc) is 3.53. The fourth-order valence-corrected chi connectivity index (χ4v) is 4.23. The summed E-state index contributed by atoms with van der Waals surface area (Å²) in [6.45, 7) is 4.87. The van der Waals surface area contributed by atoms with Crippen LogP contribution in [-0.2, 0) is 6.54 Å². The molecule has 1 aliphatic heterocycles. The third-order valence-corrected chi connectivity index (χ3v) is 6.13. The molecule has 0 fully saturated rings. The molecule has 0 bridgehead atoms. The molecule has 3 heterocycles. The van der Waals surface area contributed by atoms with Gasteiger partial charge in [0.1, 0.15) is 6.33 Å². The van der Waals surface area contributed by atoms with E-state index in [0.717, 1.165) is 16.8 Å². The van der Waals surface area contributed by atoms with E-state index >= 15 is 0 Å². The highest BCUT2D eigenvalue weighted by Crippen LogP contribution is 2.40. The molecular weight excluding hydrogens is 440 g/mol. The fourth-order valence-electron chi connectivity index (χ4n) is 4.23. The Balaban J connectivity index is 1.47. The summed E-state index contributed by atoms with van der Waals surface area (Å²) >= 11 is 0. The zero-order chi connectivity index (χ0) is 24.4. The molecule has 0 aliphatic carbocycles. The smallest absolute Gasteiger partial charge is 0.258 e. The van der Waals surface area contributed by atoms with Gasteiger partial charge in [0, 0.05) is 48.3 Å². The second-order valence-corrected chi connectivity index (χ2v) is 8.83. The van der Waals surface area contributed by atoms with Gasteiger partial charge >= 0.3 is 0 Å². The molecule has 8 nitrogen and oxygen atoms in total. The number of carbonyl (C=O) groups excluding carboxylic acids is 2. The number of anilines is 1. The molecule has 1 aliphatic rings. The molecule has 176 valence electrons. The Morgan fingerprint density at radius 1 is 1.06 bits per heavy atom. The molecule has 1 atom stereocenters. The molecule has 0 spiro atoms. The quantitative estimate of drug-likeness (QED) is 0.464. The van der Waals surface area contributed by atoms with Crippen LogP contribution in [0.25, 0.3) is 0 Å².